The Morgan fingerprint density at radius 1 is 1.32 bits per heavy atom. The third-order valence-corrected chi connectivity index (χ3v) is 3.53. The second-order valence-corrected chi connectivity index (χ2v) is 5.03. The second-order valence-electron chi connectivity index (χ2n) is 4.47. The van der Waals surface area contributed by atoms with Crippen LogP contribution < -0.4 is 4.74 Å². The summed E-state index contributed by atoms with van der Waals surface area (Å²) < 4.78 is 45.4. The number of ketones is 1. The smallest absolute Gasteiger partial charge is 0.433 e. The monoisotopic (exact) mass is 376 g/mol. The number of carbonyl (C=O) groups is 1. The Kier molecular flexibility index (Phi) is 4.90. The largest absolute Gasteiger partial charge is 0.497 e. The van der Waals surface area contributed by atoms with E-state index in [0.29, 0.717) is 11.3 Å². The highest BCUT2D eigenvalue weighted by Crippen LogP contribution is 2.33. The van der Waals surface area contributed by atoms with Crippen molar-refractivity contribution in [1.82, 2.24) is 9.78 Å². The molecule has 1 aromatic carbocycles. The molecule has 0 atom stereocenters. The number of halogens is 4. The van der Waals surface area contributed by atoms with Crippen LogP contribution in [0.25, 0.3) is 0 Å². The molecule has 2 rings (SSSR count). The molecule has 118 valence electrons. The van der Waals surface area contributed by atoms with E-state index in [2.05, 4.69) is 21.0 Å². The van der Waals surface area contributed by atoms with Gasteiger partial charge < -0.3 is 4.74 Å². The van der Waals surface area contributed by atoms with E-state index in [1.807, 2.05) is 0 Å². The topological polar surface area (TPSA) is 44.1 Å². The number of ether oxygens (including phenoxy) is 1. The summed E-state index contributed by atoms with van der Waals surface area (Å²) >= 11 is 2.88. The van der Waals surface area contributed by atoms with E-state index in [0.717, 1.165) is 10.9 Å². The Hall–Kier alpha value is -1.83. The zero-order valence-corrected chi connectivity index (χ0v) is 13.1. The highest BCUT2D eigenvalue weighted by atomic mass is 79.9. The molecule has 4 nitrogen and oxygen atoms in total. The van der Waals surface area contributed by atoms with Gasteiger partial charge in [-0.25, -0.2) is 0 Å². The van der Waals surface area contributed by atoms with Crippen molar-refractivity contribution in [3.8, 4) is 5.75 Å². The minimum atomic E-state index is -4.66. The summed E-state index contributed by atoms with van der Waals surface area (Å²) in [5, 5.41) is 3.52. The molecule has 0 fully saturated rings. The number of hydrogen-bond donors (Lipinski definition) is 0. The molecule has 0 N–H and O–H groups in total. The van der Waals surface area contributed by atoms with Gasteiger partial charge in [0.2, 0.25) is 0 Å². The molecule has 0 spiro atoms. The predicted octanol–water partition coefficient (Wildman–Crippen LogP) is 3.54. The van der Waals surface area contributed by atoms with Crippen LogP contribution in [0.15, 0.2) is 30.5 Å². The van der Waals surface area contributed by atoms with Gasteiger partial charge in [0.05, 0.1) is 30.7 Å². The van der Waals surface area contributed by atoms with Crippen LogP contribution in [0.5, 0.6) is 5.75 Å². The molecule has 0 amide bonds. The Labute approximate surface area is 133 Å². The Bertz CT molecular complexity index is 666. The van der Waals surface area contributed by atoms with Gasteiger partial charge in [0, 0.05) is 0 Å². The van der Waals surface area contributed by atoms with Crippen LogP contribution in [0.2, 0.25) is 0 Å². The summed E-state index contributed by atoms with van der Waals surface area (Å²) in [6.07, 6.45) is -3.70. The summed E-state index contributed by atoms with van der Waals surface area (Å²) in [5.74, 6) is -0.0521. The summed E-state index contributed by atoms with van der Waals surface area (Å²) in [6.45, 7) is -0.0889. The fraction of sp³-hybridized carbons (Fsp3) is 0.286. The quantitative estimate of drug-likeness (QED) is 0.592. The van der Waals surface area contributed by atoms with Gasteiger partial charge in [-0.15, -0.1) is 0 Å². The van der Waals surface area contributed by atoms with Crippen LogP contribution in [0.1, 0.15) is 21.6 Å². The summed E-state index contributed by atoms with van der Waals surface area (Å²) in [5.41, 5.74) is -0.849. The highest BCUT2D eigenvalue weighted by molar-refractivity contribution is 9.09. The molecule has 0 saturated carbocycles. The summed E-state index contributed by atoms with van der Waals surface area (Å²) in [6, 6.07) is 6.59. The Balaban J connectivity index is 2.38. The van der Waals surface area contributed by atoms with Crippen LogP contribution in [0.4, 0.5) is 13.2 Å². The summed E-state index contributed by atoms with van der Waals surface area (Å²) in [4.78, 5) is 11.6. The van der Waals surface area contributed by atoms with Gasteiger partial charge in [-0.05, 0) is 17.7 Å². The van der Waals surface area contributed by atoms with Crippen LogP contribution in [-0.4, -0.2) is 28.0 Å². The van der Waals surface area contributed by atoms with Crippen molar-refractivity contribution < 1.29 is 22.7 Å². The number of alkyl halides is 4. The first-order valence-corrected chi connectivity index (χ1v) is 7.34. The first-order chi connectivity index (χ1) is 10.4. The van der Waals surface area contributed by atoms with Crippen molar-refractivity contribution in [2.24, 2.45) is 0 Å². The van der Waals surface area contributed by atoms with Gasteiger partial charge in [-0.3, -0.25) is 9.48 Å². The summed E-state index contributed by atoms with van der Waals surface area (Å²) in [7, 11) is 1.50. The van der Waals surface area contributed by atoms with E-state index in [1.165, 1.54) is 7.11 Å². The van der Waals surface area contributed by atoms with Gasteiger partial charge in [0.25, 0.3) is 0 Å². The lowest BCUT2D eigenvalue weighted by atomic mass is 10.1. The number of Topliss-reactive ketones (excluding diaryl/α,β-unsaturated/α-hetero) is 1. The lowest BCUT2D eigenvalue weighted by Crippen LogP contribution is -2.19. The first kappa shape index (κ1) is 16.5. The van der Waals surface area contributed by atoms with Gasteiger partial charge in [0.15, 0.2) is 11.5 Å². The minimum absolute atomic E-state index is 0.0889. The maximum absolute atomic E-state index is 13.2. The average molecular weight is 377 g/mol. The van der Waals surface area contributed by atoms with Gasteiger partial charge in [0.1, 0.15) is 5.75 Å². The zero-order chi connectivity index (χ0) is 16.3. The minimum Gasteiger partial charge on any atom is -0.497 e. The number of carbonyl (C=O) groups excluding carboxylic acids is 1. The second kappa shape index (κ2) is 6.51. The molecule has 0 aliphatic carbocycles. The fourth-order valence-electron chi connectivity index (χ4n) is 1.98. The molecule has 1 heterocycles. The Morgan fingerprint density at radius 2 is 1.95 bits per heavy atom. The molecule has 0 aliphatic heterocycles. The number of rotatable bonds is 5. The van der Waals surface area contributed by atoms with Crippen LogP contribution in [0.3, 0.4) is 0 Å². The SMILES string of the molecule is COc1ccc(Cn2ncc(C(=O)CBr)c2C(F)(F)F)cc1. The van der Waals surface area contributed by atoms with Crippen molar-refractivity contribution in [2.45, 2.75) is 12.7 Å². The van der Waals surface area contributed by atoms with Crippen LogP contribution in [0, 0.1) is 0 Å². The zero-order valence-electron chi connectivity index (χ0n) is 11.5. The fourth-order valence-corrected chi connectivity index (χ4v) is 2.29. The van der Waals surface area contributed by atoms with Gasteiger partial charge in [-0.2, -0.15) is 18.3 Å². The molecule has 22 heavy (non-hydrogen) atoms. The number of methoxy groups -OCH3 is 1. The average Bonchev–Trinajstić information content (AvgIpc) is 2.91. The molecule has 0 aliphatic rings. The first-order valence-electron chi connectivity index (χ1n) is 6.22. The molecular weight excluding hydrogens is 365 g/mol. The molecule has 0 radical (unpaired) electrons. The van der Waals surface area contributed by atoms with Crippen molar-refractivity contribution >= 4 is 21.7 Å². The maximum atomic E-state index is 13.2. The molecule has 2 aromatic rings. The lowest BCUT2D eigenvalue weighted by Gasteiger charge is -2.12. The number of benzene rings is 1. The third kappa shape index (κ3) is 3.49. The number of aromatic nitrogens is 2. The van der Waals surface area contributed by atoms with E-state index >= 15 is 0 Å². The van der Waals surface area contributed by atoms with E-state index in [1.54, 1.807) is 24.3 Å². The third-order valence-electron chi connectivity index (χ3n) is 3.02. The highest BCUT2D eigenvalue weighted by Gasteiger charge is 2.39. The van der Waals surface area contributed by atoms with Crippen molar-refractivity contribution in [2.75, 3.05) is 12.4 Å². The predicted molar refractivity (Wildman–Crippen MR) is 77.4 cm³/mol. The van der Waals surface area contributed by atoms with E-state index in [4.69, 9.17) is 4.74 Å². The van der Waals surface area contributed by atoms with E-state index in [9.17, 15) is 18.0 Å². The van der Waals surface area contributed by atoms with Crippen LogP contribution >= 0.6 is 15.9 Å². The molecule has 0 bridgehead atoms. The maximum Gasteiger partial charge on any atom is 0.433 e. The Morgan fingerprint density at radius 3 is 2.45 bits per heavy atom. The molecule has 1 aromatic heterocycles. The van der Waals surface area contributed by atoms with E-state index < -0.39 is 23.2 Å². The number of nitrogens with zero attached hydrogens (tertiary/aromatic N) is 2. The van der Waals surface area contributed by atoms with Crippen LogP contribution in [-0.2, 0) is 12.7 Å². The molecule has 0 saturated heterocycles. The molecule has 8 heteroatoms. The van der Waals surface area contributed by atoms with Crippen molar-refractivity contribution in [1.29, 1.82) is 0 Å². The van der Waals surface area contributed by atoms with Gasteiger partial charge >= 0.3 is 6.18 Å². The van der Waals surface area contributed by atoms with Gasteiger partial charge in [-0.1, -0.05) is 28.1 Å². The lowest BCUT2D eigenvalue weighted by molar-refractivity contribution is -0.144. The standard InChI is InChI=1S/C14H12BrF3N2O2/c1-22-10-4-2-9(3-5-10)8-20-13(14(16,17)18)11(7-19-20)12(21)6-15/h2-5,7H,6,8H2,1H3. The molecular formula is C14H12BrF3N2O2. The van der Waals surface area contributed by atoms with Crippen molar-refractivity contribution in [3.05, 3.63) is 47.3 Å². The number of hydrogen-bond acceptors (Lipinski definition) is 3. The van der Waals surface area contributed by atoms with Crippen molar-refractivity contribution in [3.63, 3.8) is 0 Å². The molecule has 0 unspecified atom stereocenters. The van der Waals surface area contributed by atoms with E-state index in [-0.39, 0.29) is 11.9 Å². The normalized spacial score (nSPS) is 11.5.